The van der Waals surface area contributed by atoms with Crippen molar-refractivity contribution in [3.05, 3.63) is 52.9 Å². The third kappa shape index (κ3) is 3.95. The van der Waals surface area contributed by atoms with E-state index in [0.717, 1.165) is 23.5 Å². The van der Waals surface area contributed by atoms with Crippen LogP contribution in [0.1, 0.15) is 12.5 Å². The van der Waals surface area contributed by atoms with E-state index in [9.17, 15) is 22.7 Å². The number of carbonyl (C=O) groups excluding carboxylic acids is 1. The predicted molar refractivity (Wildman–Crippen MR) is 99.2 cm³/mol. The fraction of sp³-hybridized carbons (Fsp3) is 0.278. The van der Waals surface area contributed by atoms with Crippen molar-refractivity contribution < 1.29 is 27.4 Å². The highest BCUT2D eigenvalue weighted by atomic mass is 35.5. The quantitative estimate of drug-likeness (QED) is 0.749. The minimum Gasteiger partial charge on any atom is -0.485 e. The third-order valence-corrected chi connectivity index (χ3v) is 6.52. The molecule has 8 nitrogen and oxygen atoms in total. The lowest BCUT2D eigenvalue weighted by Crippen LogP contribution is -2.50. The van der Waals surface area contributed by atoms with Crippen LogP contribution in [-0.4, -0.2) is 53.4 Å². The summed E-state index contributed by atoms with van der Waals surface area (Å²) in [5.41, 5.74) is -2.35. The highest BCUT2D eigenvalue weighted by Gasteiger charge is 2.54. The van der Waals surface area contributed by atoms with Gasteiger partial charge in [0.25, 0.3) is 10.0 Å². The molecule has 2 aromatic rings. The van der Waals surface area contributed by atoms with Crippen molar-refractivity contribution in [2.75, 3.05) is 13.1 Å². The van der Waals surface area contributed by atoms with Crippen LogP contribution in [0.4, 0.5) is 4.39 Å². The van der Waals surface area contributed by atoms with E-state index in [1.165, 1.54) is 24.3 Å². The van der Waals surface area contributed by atoms with Gasteiger partial charge in [-0.3, -0.25) is 4.79 Å². The number of aliphatic hydroxyl groups is 1. The summed E-state index contributed by atoms with van der Waals surface area (Å²) in [5, 5.41) is 19.5. The van der Waals surface area contributed by atoms with Gasteiger partial charge in [0.1, 0.15) is 23.7 Å². The Labute approximate surface area is 171 Å². The monoisotopic (exact) mass is 439 g/mol. The zero-order valence-electron chi connectivity index (χ0n) is 15.0. The van der Waals surface area contributed by atoms with Crippen LogP contribution in [0.25, 0.3) is 0 Å². The molecule has 3 rings (SSSR count). The van der Waals surface area contributed by atoms with Crippen molar-refractivity contribution >= 4 is 27.4 Å². The number of hydrogen-bond acceptors (Lipinski definition) is 7. The second-order valence-corrected chi connectivity index (χ2v) is 8.77. The van der Waals surface area contributed by atoms with Gasteiger partial charge in [-0.05, 0) is 31.2 Å². The van der Waals surface area contributed by atoms with Gasteiger partial charge in [0.05, 0.1) is 23.7 Å². The van der Waals surface area contributed by atoms with Gasteiger partial charge in [-0.1, -0.05) is 11.6 Å². The summed E-state index contributed by atoms with van der Waals surface area (Å²) in [7, 11) is -4.15. The Kier molecular flexibility index (Phi) is 5.60. The van der Waals surface area contributed by atoms with Crippen molar-refractivity contribution in [3.63, 3.8) is 0 Å². The zero-order chi connectivity index (χ0) is 21.4. The van der Waals surface area contributed by atoms with E-state index in [2.05, 4.69) is 4.98 Å². The average molecular weight is 440 g/mol. The first kappa shape index (κ1) is 21.1. The number of aromatic nitrogens is 1. The van der Waals surface area contributed by atoms with Gasteiger partial charge in [0.2, 0.25) is 0 Å². The Bertz CT molecular complexity index is 1100. The molecule has 29 heavy (non-hydrogen) atoms. The summed E-state index contributed by atoms with van der Waals surface area (Å²) in [6.45, 7) is 0.176. The van der Waals surface area contributed by atoms with E-state index in [-0.39, 0.29) is 27.9 Å². The molecule has 2 atom stereocenters. The molecule has 1 aliphatic heterocycles. The molecule has 11 heteroatoms. The number of ether oxygens (including phenoxy) is 1. The van der Waals surface area contributed by atoms with Crippen molar-refractivity contribution in [2.24, 2.45) is 0 Å². The number of β-amino-alcohol motifs (C(OH)–C–C–N with tert-alkyl or cyclic N) is 1. The lowest BCUT2D eigenvalue weighted by atomic mass is 9.96. The molecular weight excluding hydrogens is 425 g/mol. The van der Waals surface area contributed by atoms with E-state index >= 15 is 0 Å². The van der Waals surface area contributed by atoms with Crippen LogP contribution in [0, 0.1) is 17.1 Å². The highest BCUT2D eigenvalue weighted by Crippen LogP contribution is 2.31. The van der Waals surface area contributed by atoms with Crippen LogP contribution in [0.5, 0.6) is 5.75 Å². The topological polar surface area (TPSA) is 121 Å². The van der Waals surface area contributed by atoms with Crippen LogP contribution in [0.3, 0.4) is 0 Å². The zero-order valence-corrected chi connectivity index (χ0v) is 16.6. The number of nitrogens with zero attached hydrogens (tertiary/aromatic N) is 3. The Morgan fingerprint density at radius 2 is 2.17 bits per heavy atom. The molecule has 2 heterocycles. The lowest BCUT2D eigenvalue weighted by molar-refractivity contribution is -0.140. The molecule has 1 aromatic heterocycles. The number of ketones is 1. The summed E-state index contributed by atoms with van der Waals surface area (Å²) < 4.78 is 45.9. The number of hydrogen-bond donors (Lipinski definition) is 1. The van der Waals surface area contributed by atoms with Gasteiger partial charge in [0, 0.05) is 12.3 Å². The van der Waals surface area contributed by atoms with Gasteiger partial charge in [-0.25, -0.2) is 17.8 Å². The van der Waals surface area contributed by atoms with E-state index in [0.29, 0.717) is 0 Å². The van der Waals surface area contributed by atoms with Crippen LogP contribution in [0.15, 0.2) is 41.6 Å². The SMILES string of the molecule is CC(=O)[C@]1(O)CN(S(=O)(=O)c2ccc(Cl)cn2)C[C@@H]1Oc1ccc(C#N)c(F)c1. The number of benzene rings is 1. The van der Waals surface area contributed by atoms with Crippen LogP contribution < -0.4 is 4.74 Å². The van der Waals surface area contributed by atoms with Gasteiger partial charge in [-0.2, -0.15) is 9.57 Å². The number of halogens is 2. The second-order valence-electron chi connectivity index (χ2n) is 6.45. The molecular formula is C18H15ClFN3O5S. The summed E-state index contributed by atoms with van der Waals surface area (Å²) >= 11 is 5.73. The molecule has 0 saturated carbocycles. The molecule has 1 saturated heterocycles. The van der Waals surface area contributed by atoms with Crippen LogP contribution in [-0.2, 0) is 14.8 Å². The van der Waals surface area contributed by atoms with Crippen molar-refractivity contribution in [2.45, 2.75) is 23.7 Å². The number of nitriles is 1. The predicted octanol–water partition coefficient (Wildman–Crippen LogP) is 1.52. The minimum absolute atomic E-state index is 0.0601. The molecule has 1 fully saturated rings. The molecule has 0 aliphatic carbocycles. The maximum Gasteiger partial charge on any atom is 0.260 e. The molecule has 152 valence electrons. The van der Waals surface area contributed by atoms with E-state index in [1.54, 1.807) is 6.07 Å². The molecule has 0 radical (unpaired) electrons. The maximum atomic E-state index is 13.8. The van der Waals surface area contributed by atoms with Crippen LogP contribution in [0.2, 0.25) is 5.02 Å². The summed E-state index contributed by atoms with van der Waals surface area (Å²) in [6, 6.07) is 7.61. The number of carbonyl (C=O) groups is 1. The molecule has 0 amide bonds. The van der Waals surface area contributed by atoms with E-state index in [1.807, 2.05) is 0 Å². The Morgan fingerprint density at radius 3 is 2.72 bits per heavy atom. The fourth-order valence-corrected chi connectivity index (χ4v) is 4.40. The summed E-state index contributed by atoms with van der Waals surface area (Å²) in [5.74, 6) is -1.61. The molecule has 1 N–H and O–H groups in total. The number of pyridine rings is 1. The number of sulfonamides is 1. The fourth-order valence-electron chi connectivity index (χ4n) is 2.90. The largest absolute Gasteiger partial charge is 0.485 e. The van der Waals surface area contributed by atoms with Gasteiger partial charge in [0.15, 0.2) is 16.4 Å². The average Bonchev–Trinajstić information content (AvgIpc) is 3.01. The Balaban J connectivity index is 1.91. The first-order valence-corrected chi connectivity index (χ1v) is 10.1. The number of Topliss-reactive ketones (excluding diaryl/α,β-unsaturated/α-hetero) is 1. The molecule has 1 aromatic carbocycles. The highest BCUT2D eigenvalue weighted by molar-refractivity contribution is 7.89. The van der Waals surface area contributed by atoms with Gasteiger partial charge >= 0.3 is 0 Å². The van der Waals surface area contributed by atoms with E-state index in [4.69, 9.17) is 21.6 Å². The first-order valence-electron chi connectivity index (χ1n) is 8.29. The Morgan fingerprint density at radius 1 is 1.45 bits per heavy atom. The number of rotatable bonds is 5. The molecule has 0 unspecified atom stereocenters. The molecule has 0 spiro atoms. The van der Waals surface area contributed by atoms with Crippen molar-refractivity contribution in [1.29, 1.82) is 5.26 Å². The normalized spacial score (nSPS) is 22.2. The minimum atomic E-state index is -4.15. The van der Waals surface area contributed by atoms with Crippen molar-refractivity contribution in [3.8, 4) is 11.8 Å². The van der Waals surface area contributed by atoms with Crippen LogP contribution >= 0.6 is 11.6 Å². The molecule has 1 aliphatic rings. The maximum absolute atomic E-state index is 13.8. The van der Waals surface area contributed by atoms with Crippen molar-refractivity contribution in [1.82, 2.24) is 9.29 Å². The van der Waals surface area contributed by atoms with Gasteiger partial charge in [-0.15, -0.1) is 0 Å². The van der Waals surface area contributed by atoms with E-state index < -0.39 is 39.9 Å². The standard InChI is InChI=1S/C18H15ClFN3O5S/c1-11(24)18(25)10-23(29(26,27)17-5-3-13(19)8-22-17)9-16(18)28-14-4-2-12(7-21)15(20)6-14/h2-6,8,16,25H,9-10H2,1H3/t16-,18+/m0/s1. The third-order valence-electron chi connectivity index (χ3n) is 4.57. The lowest BCUT2D eigenvalue weighted by Gasteiger charge is -2.26. The van der Waals surface area contributed by atoms with Gasteiger partial charge < -0.3 is 9.84 Å². The smallest absolute Gasteiger partial charge is 0.260 e. The Hall–Kier alpha value is -2.58. The second kappa shape index (κ2) is 7.68. The summed E-state index contributed by atoms with van der Waals surface area (Å²) in [6.07, 6.45) is -0.135. The summed E-state index contributed by atoms with van der Waals surface area (Å²) in [4.78, 5) is 15.9. The first-order chi connectivity index (χ1) is 13.6. The molecule has 0 bridgehead atoms.